The molecule has 0 aliphatic carbocycles. The van der Waals surface area contributed by atoms with Gasteiger partial charge in [0, 0.05) is 6.61 Å². The first-order valence-corrected chi connectivity index (χ1v) is 3.80. The zero-order valence-corrected chi connectivity index (χ0v) is 6.91. The Hall–Kier alpha value is -1.10. The highest BCUT2D eigenvalue weighted by molar-refractivity contribution is 5.93. The van der Waals surface area contributed by atoms with E-state index in [0.29, 0.717) is 13.2 Å². The Bertz CT molecular complexity index is 192. The predicted octanol–water partition coefficient (Wildman–Crippen LogP) is 0.00170. The Morgan fingerprint density at radius 3 is 3.00 bits per heavy atom. The molecule has 0 radical (unpaired) electrons. The third kappa shape index (κ3) is 1.94. The molecule has 1 heterocycles. The molecule has 0 aromatic rings. The molecule has 0 aromatic carbocycles. The molecule has 0 spiro atoms. The normalized spacial score (nSPS) is 16.4. The summed E-state index contributed by atoms with van der Waals surface area (Å²) in [7, 11) is 0. The van der Waals surface area contributed by atoms with Crippen LogP contribution in [-0.4, -0.2) is 43.3 Å². The van der Waals surface area contributed by atoms with Crippen LogP contribution in [-0.2, 0) is 14.3 Å². The fraction of sp³-hybridized carbons (Fsp3) is 0.714. The summed E-state index contributed by atoms with van der Waals surface area (Å²) < 4.78 is 9.43. The van der Waals surface area contributed by atoms with E-state index in [1.54, 1.807) is 6.92 Å². The summed E-state index contributed by atoms with van der Waals surface area (Å²) in [6, 6.07) is 0. The van der Waals surface area contributed by atoms with Gasteiger partial charge in [0.2, 0.25) is 0 Å². The van der Waals surface area contributed by atoms with Gasteiger partial charge in [-0.25, -0.2) is 9.69 Å². The van der Waals surface area contributed by atoms with Crippen molar-refractivity contribution in [1.29, 1.82) is 0 Å². The van der Waals surface area contributed by atoms with E-state index < -0.39 is 6.09 Å². The van der Waals surface area contributed by atoms with E-state index in [2.05, 4.69) is 4.74 Å². The lowest BCUT2D eigenvalue weighted by Crippen LogP contribution is -2.34. The molecule has 68 valence electrons. The molecule has 0 atom stereocenters. The van der Waals surface area contributed by atoms with Crippen molar-refractivity contribution in [2.75, 3.05) is 26.4 Å². The van der Waals surface area contributed by atoms with Gasteiger partial charge in [-0.2, -0.15) is 0 Å². The predicted molar refractivity (Wildman–Crippen MR) is 39.6 cm³/mol. The van der Waals surface area contributed by atoms with Crippen molar-refractivity contribution < 1.29 is 19.1 Å². The number of cyclic esters (lactones) is 1. The molecule has 0 N–H and O–H groups in total. The molecule has 12 heavy (non-hydrogen) atoms. The number of rotatable bonds is 3. The Balaban J connectivity index is 2.36. The molecule has 0 unspecified atom stereocenters. The maximum atomic E-state index is 11.1. The number of hydrogen-bond acceptors (Lipinski definition) is 4. The molecule has 2 amide bonds. The zero-order chi connectivity index (χ0) is 8.97. The molecule has 1 aliphatic heterocycles. The quantitative estimate of drug-likeness (QED) is 0.602. The summed E-state index contributed by atoms with van der Waals surface area (Å²) in [4.78, 5) is 23.0. The second-order valence-electron chi connectivity index (χ2n) is 2.30. The van der Waals surface area contributed by atoms with Crippen molar-refractivity contribution >= 4 is 12.0 Å². The maximum absolute atomic E-state index is 11.1. The average molecular weight is 173 g/mol. The van der Waals surface area contributed by atoms with Gasteiger partial charge in [-0.05, 0) is 6.92 Å². The van der Waals surface area contributed by atoms with E-state index in [1.165, 1.54) is 0 Å². The van der Waals surface area contributed by atoms with Crippen LogP contribution >= 0.6 is 0 Å². The number of carbonyl (C=O) groups is 2. The maximum Gasteiger partial charge on any atom is 0.416 e. The van der Waals surface area contributed by atoms with Crippen LogP contribution in [0.2, 0.25) is 0 Å². The molecule has 0 bridgehead atoms. The van der Waals surface area contributed by atoms with E-state index in [-0.39, 0.29) is 19.1 Å². The second kappa shape index (κ2) is 4.06. The molecule has 5 nitrogen and oxygen atoms in total. The van der Waals surface area contributed by atoms with Crippen LogP contribution in [0.3, 0.4) is 0 Å². The van der Waals surface area contributed by atoms with E-state index in [0.717, 1.165) is 4.90 Å². The van der Waals surface area contributed by atoms with Crippen LogP contribution in [0.15, 0.2) is 0 Å². The van der Waals surface area contributed by atoms with Gasteiger partial charge in [0.25, 0.3) is 5.91 Å². The Labute approximate surface area is 70.2 Å². The number of nitrogens with zero attached hydrogens (tertiary/aromatic N) is 1. The van der Waals surface area contributed by atoms with Gasteiger partial charge < -0.3 is 9.47 Å². The van der Waals surface area contributed by atoms with Crippen LogP contribution < -0.4 is 0 Å². The molecule has 0 saturated carbocycles. The third-order valence-electron chi connectivity index (χ3n) is 1.49. The first-order chi connectivity index (χ1) is 5.75. The topological polar surface area (TPSA) is 55.8 Å². The number of hydrogen-bond donors (Lipinski definition) is 0. The summed E-state index contributed by atoms with van der Waals surface area (Å²) in [6.45, 7) is 2.83. The van der Waals surface area contributed by atoms with Crippen molar-refractivity contribution in [3.8, 4) is 0 Å². The summed E-state index contributed by atoms with van der Waals surface area (Å²) in [5.41, 5.74) is 0. The van der Waals surface area contributed by atoms with Crippen molar-refractivity contribution in [2.24, 2.45) is 0 Å². The molecule has 1 rings (SSSR count). The number of amides is 2. The highest BCUT2D eigenvalue weighted by Crippen LogP contribution is 2.03. The summed E-state index contributed by atoms with van der Waals surface area (Å²) in [6.07, 6.45) is -0.570. The van der Waals surface area contributed by atoms with E-state index in [4.69, 9.17) is 4.74 Å². The summed E-state index contributed by atoms with van der Waals surface area (Å²) >= 11 is 0. The smallest absolute Gasteiger partial charge is 0.416 e. The van der Waals surface area contributed by atoms with Gasteiger partial charge in [-0.15, -0.1) is 0 Å². The molecular weight excluding hydrogens is 162 g/mol. The Kier molecular flexibility index (Phi) is 3.04. The van der Waals surface area contributed by atoms with Crippen LogP contribution in [0.25, 0.3) is 0 Å². The minimum Gasteiger partial charge on any atom is -0.447 e. The number of ether oxygens (including phenoxy) is 2. The van der Waals surface area contributed by atoms with Crippen LogP contribution in [0, 0.1) is 0 Å². The SMILES string of the molecule is CCOCC(=O)N1CCOC1=O. The standard InChI is InChI=1S/C7H11NO4/c1-2-11-5-6(9)8-3-4-12-7(8)10/h2-5H2,1H3. The van der Waals surface area contributed by atoms with Gasteiger partial charge in [-0.1, -0.05) is 0 Å². The molecule has 1 fully saturated rings. The molecule has 1 aliphatic rings. The van der Waals surface area contributed by atoms with Gasteiger partial charge in [0.05, 0.1) is 6.54 Å². The largest absolute Gasteiger partial charge is 0.447 e. The van der Waals surface area contributed by atoms with E-state index in [9.17, 15) is 9.59 Å². The van der Waals surface area contributed by atoms with Gasteiger partial charge >= 0.3 is 6.09 Å². The van der Waals surface area contributed by atoms with Crippen molar-refractivity contribution in [2.45, 2.75) is 6.92 Å². The monoisotopic (exact) mass is 173 g/mol. The second-order valence-corrected chi connectivity index (χ2v) is 2.30. The van der Waals surface area contributed by atoms with Gasteiger partial charge in [-0.3, -0.25) is 4.79 Å². The van der Waals surface area contributed by atoms with Crippen molar-refractivity contribution in [1.82, 2.24) is 4.90 Å². The van der Waals surface area contributed by atoms with E-state index in [1.807, 2.05) is 0 Å². The van der Waals surface area contributed by atoms with Crippen LogP contribution in [0.5, 0.6) is 0 Å². The molecule has 1 saturated heterocycles. The van der Waals surface area contributed by atoms with Crippen molar-refractivity contribution in [3.05, 3.63) is 0 Å². The minimum absolute atomic E-state index is 0.0500. The highest BCUT2D eigenvalue weighted by Gasteiger charge is 2.27. The Morgan fingerprint density at radius 2 is 2.50 bits per heavy atom. The molecule has 5 heteroatoms. The van der Waals surface area contributed by atoms with Crippen LogP contribution in [0.4, 0.5) is 4.79 Å². The first-order valence-electron chi connectivity index (χ1n) is 3.80. The van der Waals surface area contributed by atoms with Gasteiger partial charge in [0.15, 0.2) is 0 Å². The Morgan fingerprint density at radius 1 is 1.75 bits per heavy atom. The summed E-state index contributed by atoms with van der Waals surface area (Å²) in [5, 5.41) is 0. The van der Waals surface area contributed by atoms with E-state index >= 15 is 0 Å². The van der Waals surface area contributed by atoms with Crippen LogP contribution in [0.1, 0.15) is 6.92 Å². The minimum atomic E-state index is -0.570. The molecule has 0 aromatic heterocycles. The molecular formula is C7H11NO4. The number of carbonyl (C=O) groups excluding carboxylic acids is 2. The first kappa shape index (κ1) is 8.99. The number of imide groups is 1. The van der Waals surface area contributed by atoms with Gasteiger partial charge in [0.1, 0.15) is 13.2 Å². The summed E-state index contributed by atoms with van der Waals surface area (Å²) in [5.74, 6) is -0.334. The average Bonchev–Trinajstić information content (AvgIpc) is 2.47. The fourth-order valence-corrected chi connectivity index (χ4v) is 0.887. The lowest BCUT2D eigenvalue weighted by molar-refractivity contribution is -0.132. The van der Waals surface area contributed by atoms with Crippen molar-refractivity contribution in [3.63, 3.8) is 0 Å². The zero-order valence-electron chi connectivity index (χ0n) is 6.91. The third-order valence-corrected chi connectivity index (χ3v) is 1.49. The lowest BCUT2D eigenvalue weighted by Gasteiger charge is -2.09. The lowest BCUT2D eigenvalue weighted by atomic mass is 10.5. The highest BCUT2D eigenvalue weighted by atomic mass is 16.6. The fourth-order valence-electron chi connectivity index (χ4n) is 0.887.